The smallest absolute Gasteiger partial charge is 0.322 e. The van der Waals surface area contributed by atoms with Gasteiger partial charge >= 0.3 is 6.01 Å². The van der Waals surface area contributed by atoms with E-state index in [4.69, 9.17) is 9.47 Å². The van der Waals surface area contributed by atoms with Crippen molar-refractivity contribution >= 4 is 17.2 Å². The molecule has 0 bridgehead atoms. The van der Waals surface area contributed by atoms with Crippen molar-refractivity contribution in [2.24, 2.45) is 0 Å². The summed E-state index contributed by atoms with van der Waals surface area (Å²) in [7, 11) is 0. The van der Waals surface area contributed by atoms with Crippen LogP contribution < -0.4 is 14.8 Å². The van der Waals surface area contributed by atoms with Crippen LogP contribution in [0, 0.1) is 0 Å². The SMILES string of the molecule is O=C(COc1nnc2ccccn12)Nc1ccccc1Oc1ccccc1. The van der Waals surface area contributed by atoms with Gasteiger partial charge in [0.05, 0.1) is 5.69 Å². The van der Waals surface area contributed by atoms with Crippen LogP contribution >= 0.6 is 0 Å². The molecule has 0 saturated heterocycles. The van der Waals surface area contributed by atoms with E-state index in [1.807, 2.05) is 54.6 Å². The Morgan fingerprint density at radius 3 is 2.59 bits per heavy atom. The molecule has 0 fully saturated rings. The van der Waals surface area contributed by atoms with Crippen LogP contribution in [-0.4, -0.2) is 27.1 Å². The number of benzene rings is 2. The number of pyridine rings is 1. The minimum atomic E-state index is -0.327. The van der Waals surface area contributed by atoms with Crippen molar-refractivity contribution in [3.05, 3.63) is 79.0 Å². The Morgan fingerprint density at radius 2 is 1.70 bits per heavy atom. The fourth-order valence-electron chi connectivity index (χ4n) is 2.51. The summed E-state index contributed by atoms with van der Waals surface area (Å²) < 4.78 is 13.0. The van der Waals surface area contributed by atoms with Crippen LogP contribution in [0.5, 0.6) is 17.5 Å². The predicted molar refractivity (Wildman–Crippen MR) is 100 cm³/mol. The first kappa shape index (κ1) is 16.6. The number of amides is 1. The minimum absolute atomic E-state index is 0.199. The first-order valence-corrected chi connectivity index (χ1v) is 8.34. The second-order valence-electron chi connectivity index (χ2n) is 5.66. The first-order valence-electron chi connectivity index (χ1n) is 8.34. The molecule has 0 atom stereocenters. The van der Waals surface area contributed by atoms with E-state index in [0.717, 1.165) is 0 Å². The van der Waals surface area contributed by atoms with Crippen LogP contribution in [0.4, 0.5) is 5.69 Å². The third-order valence-corrected chi connectivity index (χ3v) is 3.75. The van der Waals surface area contributed by atoms with Gasteiger partial charge < -0.3 is 14.8 Å². The Labute approximate surface area is 155 Å². The van der Waals surface area contributed by atoms with Crippen molar-refractivity contribution < 1.29 is 14.3 Å². The number of ether oxygens (including phenoxy) is 2. The summed E-state index contributed by atoms with van der Waals surface area (Å²) >= 11 is 0. The summed E-state index contributed by atoms with van der Waals surface area (Å²) in [6, 6.07) is 22.3. The molecule has 2 aromatic heterocycles. The molecule has 4 aromatic rings. The van der Waals surface area contributed by atoms with Crippen LogP contribution in [0.25, 0.3) is 5.65 Å². The van der Waals surface area contributed by atoms with Crippen molar-refractivity contribution in [1.29, 1.82) is 0 Å². The predicted octanol–water partition coefficient (Wildman–Crippen LogP) is 3.54. The highest BCUT2D eigenvalue weighted by Gasteiger charge is 2.11. The van der Waals surface area contributed by atoms with Gasteiger partial charge in [-0.05, 0) is 36.4 Å². The first-order chi connectivity index (χ1) is 13.3. The minimum Gasteiger partial charge on any atom is -0.455 e. The molecule has 1 N–H and O–H groups in total. The number of aromatic nitrogens is 3. The largest absolute Gasteiger partial charge is 0.455 e. The number of carbonyl (C=O) groups is 1. The number of nitrogens with one attached hydrogen (secondary N) is 1. The van der Waals surface area contributed by atoms with Gasteiger partial charge in [0.1, 0.15) is 5.75 Å². The van der Waals surface area contributed by atoms with Crippen LogP contribution in [0.2, 0.25) is 0 Å². The number of anilines is 1. The van der Waals surface area contributed by atoms with Crippen LogP contribution in [-0.2, 0) is 4.79 Å². The molecule has 27 heavy (non-hydrogen) atoms. The highest BCUT2D eigenvalue weighted by molar-refractivity contribution is 5.93. The van der Waals surface area contributed by atoms with Gasteiger partial charge in [0.25, 0.3) is 5.91 Å². The second kappa shape index (κ2) is 7.57. The van der Waals surface area contributed by atoms with Gasteiger partial charge in [0, 0.05) is 6.20 Å². The molecule has 0 aliphatic rings. The van der Waals surface area contributed by atoms with Crippen molar-refractivity contribution in [3.8, 4) is 17.5 Å². The molecule has 4 rings (SSSR count). The van der Waals surface area contributed by atoms with Crippen LogP contribution in [0.15, 0.2) is 79.0 Å². The van der Waals surface area contributed by atoms with Crippen molar-refractivity contribution in [2.45, 2.75) is 0 Å². The lowest BCUT2D eigenvalue weighted by Gasteiger charge is -2.12. The fraction of sp³-hybridized carbons (Fsp3) is 0.0500. The maximum absolute atomic E-state index is 12.3. The molecular formula is C20H16N4O3. The molecule has 2 aromatic carbocycles. The van der Waals surface area contributed by atoms with Gasteiger partial charge in [-0.3, -0.25) is 9.20 Å². The summed E-state index contributed by atoms with van der Waals surface area (Å²) in [4.78, 5) is 12.3. The molecular weight excluding hydrogens is 344 g/mol. The molecule has 134 valence electrons. The van der Waals surface area contributed by atoms with E-state index in [9.17, 15) is 4.79 Å². The van der Waals surface area contributed by atoms with Crippen molar-refractivity contribution in [1.82, 2.24) is 14.6 Å². The Morgan fingerprint density at radius 1 is 0.926 bits per heavy atom. The lowest BCUT2D eigenvalue weighted by atomic mass is 10.3. The van der Waals surface area contributed by atoms with E-state index in [-0.39, 0.29) is 18.5 Å². The molecule has 7 heteroatoms. The van der Waals surface area contributed by atoms with Gasteiger partial charge in [0.15, 0.2) is 18.0 Å². The molecule has 1 amide bonds. The zero-order valence-corrected chi connectivity index (χ0v) is 14.3. The van der Waals surface area contributed by atoms with E-state index in [1.54, 1.807) is 28.8 Å². The monoisotopic (exact) mass is 360 g/mol. The van der Waals surface area contributed by atoms with Gasteiger partial charge in [-0.15, -0.1) is 5.10 Å². The van der Waals surface area contributed by atoms with Gasteiger partial charge in [-0.1, -0.05) is 41.5 Å². The zero-order valence-electron chi connectivity index (χ0n) is 14.3. The molecule has 0 spiro atoms. The average molecular weight is 360 g/mol. The average Bonchev–Trinajstić information content (AvgIpc) is 3.12. The standard InChI is InChI=1S/C20H16N4O3/c25-19(14-26-20-23-22-18-12-6-7-13-24(18)20)21-16-10-4-5-11-17(16)27-15-8-2-1-3-9-15/h1-13H,14H2,(H,21,25). The lowest BCUT2D eigenvalue weighted by Crippen LogP contribution is -2.21. The Kier molecular flexibility index (Phi) is 4.65. The highest BCUT2D eigenvalue weighted by Crippen LogP contribution is 2.29. The van der Waals surface area contributed by atoms with E-state index < -0.39 is 0 Å². The number of hydrogen-bond acceptors (Lipinski definition) is 5. The number of fused-ring (bicyclic) bond motifs is 1. The third-order valence-electron chi connectivity index (χ3n) is 3.75. The van der Waals surface area contributed by atoms with Crippen LogP contribution in [0.3, 0.4) is 0 Å². The van der Waals surface area contributed by atoms with E-state index >= 15 is 0 Å². The summed E-state index contributed by atoms with van der Waals surface area (Å²) in [5, 5.41) is 10.7. The number of para-hydroxylation sites is 3. The third kappa shape index (κ3) is 3.87. The Bertz CT molecular complexity index is 1060. The molecule has 0 radical (unpaired) electrons. The molecule has 7 nitrogen and oxygen atoms in total. The topological polar surface area (TPSA) is 77.8 Å². The van der Waals surface area contributed by atoms with Gasteiger partial charge in [0.2, 0.25) is 0 Å². The van der Waals surface area contributed by atoms with Gasteiger partial charge in [-0.25, -0.2) is 0 Å². The Balaban J connectivity index is 1.42. The summed E-state index contributed by atoms with van der Waals surface area (Å²) in [6.07, 6.45) is 1.77. The molecule has 2 heterocycles. The second-order valence-corrected chi connectivity index (χ2v) is 5.66. The highest BCUT2D eigenvalue weighted by atomic mass is 16.5. The normalized spacial score (nSPS) is 10.5. The summed E-state index contributed by atoms with van der Waals surface area (Å²) in [5.74, 6) is 0.905. The maximum atomic E-state index is 12.3. The van der Waals surface area contributed by atoms with E-state index in [2.05, 4.69) is 15.5 Å². The number of carbonyl (C=O) groups excluding carboxylic acids is 1. The number of hydrogen-bond donors (Lipinski definition) is 1. The van der Waals surface area contributed by atoms with Crippen molar-refractivity contribution in [2.75, 3.05) is 11.9 Å². The lowest BCUT2D eigenvalue weighted by molar-refractivity contribution is -0.118. The quantitative estimate of drug-likeness (QED) is 0.569. The molecule has 0 aliphatic heterocycles. The van der Waals surface area contributed by atoms with E-state index in [1.165, 1.54) is 0 Å². The number of rotatable bonds is 6. The maximum Gasteiger partial charge on any atom is 0.322 e. The molecule has 0 unspecified atom stereocenters. The summed E-state index contributed by atoms with van der Waals surface area (Å²) in [5.41, 5.74) is 1.20. The number of nitrogens with zero attached hydrogens (tertiary/aromatic N) is 3. The van der Waals surface area contributed by atoms with Crippen molar-refractivity contribution in [3.63, 3.8) is 0 Å². The van der Waals surface area contributed by atoms with E-state index in [0.29, 0.717) is 22.8 Å². The fourth-order valence-corrected chi connectivity index (χ4v) is 2.51. The molecule has 0 aliphatic carbocycles. The molecule has 0 saturated carbocycles. The summed E-state index contributed by atoms with van der Waals surface area (Å²) in [6.45, 7) is -0.199. The van der Waals surface area contributed by atoms with Gasteiger partial charge in [-0.2, -0.15) is 0 Å². The Hall–Kier alpha value is -3.87. The van der Waals surface area contributed by atoms with Crippen LogP contribution in [0.1, 0.15) is 0 Å². The zero-order chi connectivity index (χ0) is 18.5.